The van der Waals surface area contributed by atoms with E-state index in [1.54, 1.807) is 0 Å². The summed E-state index contributed by atoms with van der Waals surface area (Å²) in [7, 11) is 0. The number of aromatic nitrogens is 1. The van der Waals surface area contributed by atoms with Crippen LogP contribution in [0.4, 0.5) is 0 Å². The molecule has 53 heavy (non-hydrogen) atoms. The van der Waals surface area contributed by atoms with Gasteiger partial charge in [0.15, 0.2) is 0 Å². The van der Waals surface area contributed by atoms with Gasteiger partial charge in [0, 0.05) is 32.8 Å². The summed E-state index contributed by atoms with van der Waals surface area (Å²) < 4.78 is 8.89. The van der Waals surface area contributed by atoms with E-state index in [9.17, 15) is 0 Å². The molecule has 1 aliphatic rings. The van der Waals surface area contributed by atoms with Crippen LogP contribution >= 0.6 is 0 Å². The summed E-state index contributed by atoms with van der Waals surface area (Å²) in [6.07, 6.45) is 0.821. The zero-order valence-electron chi connectivity index (χ0n) is 29.0. The lowest BCUT2D eigenvalue weighted by molar-refractivity contribution is 0.670. The van der Waals surface area contributed by atoms with Gasteiger partial charge in [-0.1, -0.05) is 152 Å². The Morgan fingerprint density at radius 1 is 0.415 bits per heavy atom. The molecule has 2 heterocycles. The molecule has 0 amide bonds. The first-order chi connectivity index (χ1) is 26.3. The van der Waals surface area contributed by atoms with Crippen molar-refractivity contribution in [3.05, 3.63) is 221 Å². The van der Waals surface area contributed by atoms with E-state index in [1.807, 2.05) is 6.07 Å². The first-order valence-electron chi connectivity index (χ1n) is 18.3. The van der Waals surface area contributed by atoms with Crippen LogP contribution in [0.2, 0.25) is 0 Å². The van der Waals surface area contributed by atoms with Crippen LogP contribution in [0, 0.1) is 0 Å². The Kier molecular flexibility index (Phi) is 6.65. The first-order valence-corrected chi connectivity index (χ1v) is 18.3. The number of hydrogen-bond acceptors (Lipinski definition) is 1. The SMILES string of the molecule is c1cc(C2=c3ccccc3=C(c3cccc(-n4c5ccccc5c5ccccc54)c3)c3ccccc3C2)cc(-c2cccc3c2oc2ccccc23)c1. The molecular weight excluding hydrogens is 643 g/mol. The molecule has 0 atom stereocenters. The second-order valence-corrected chi connectivity index (χ2v) is 14.0. The van der Waals surface area contributed by atoms with E-state index in [0.717, 1.165) is 45.2 Å². The van der Waals surface area contributed by atoms with Crippen molar-refractivity contribution < 1.29 is 4.42 Å². The number of para-hydroxylation sites is 4. The van der Waals surface area contributed by atoms with Gasteiger partial charge in [0.25, 0.3) is 0 Å². The van der Waals surface area contributed by atoms with Crippen molar-refractivity contribution in [1.29, 1.82) is 0 Å². The van der Waals surface area contributed by atoms with E-state index in [4.69, 9.17) is 4.42 Å². The number of furan rings is 1. The Morgan fingerprint density at radius 3 is 1.87 bits per heavy atom. The fraction of sp³-hybridized carbons (Fsp3) is 0.0196. The van der Waals surface area contributed by atoms with Crippen molar-refractivity contribution in [3.8, 4) is 16.8 Å². The number of benzene rings is 8. The number of rotatable bonds is 4. The summed E-state index contributed by atoms with van der Waals surface area (Å²) in [5.41, 5.74) is 15.3. The fourth-order valence-corrected chi connectivity index (χ4v) is 8.73. The van der Waals surface area contributed by atoms with Crippen LogP contribution in [0.15, 0.2) is 192 Å². The maximum atomic E-state index is 6.48. The van der Waals surface area contributed by atoms with Gasteiger partial charge in [-0.05, 0) is 92.2 Å². The highest BCUT2D eigenvalue weighted by Crippen LogP contribution is 2.38. The molecule has 0 spiro atoms. The third-order valence-electron chi connectivity index (χ3n) is 11.1. The zero-order valence-corrected chi connectivity index (χ0v) is 29.0. The van der Waals surface area contributed by atoms with Crippen LogP contribution in [-0.2, 0) is 6.42 Å². The minimum Gasteiger partial charge on any atom is -0.455 e. The normalized spacial score (nSPS) is 12.8. The molecule has 2 aromatic heterocycles. The summed E-state index contributed by atoms with van der Waals surface area (Å²) in [5, 5.41) is 7.34. The second-order valence-electron chi connectivity index (χ2n) is 14.0. The quantitative estimate of drug-likeness (QED) is 0.182. The molecule has 248 valence electrons. The number of hydrogen-bond donors (Lipinski definition) is 0. The molecule has 2 heteroatoms. The maximum absolute atomic E-state index is 6.48. The third-order valence-corrected chi connectivity index (χ3v) is 11.1. The van der Waals surface area contributed by atoms with Crippen LogP contribution in [-0.4, -0.2) is 4.57 Å². The van der Waals surface area contributed by atoms with Gasteiger partial charge in [-0.3, -0.25) is 0 Å². The summed E-state index contributed by atoms with van der Waals surface area (Å²) in [5.74, 6) is 0. The van der Waals surface area contributed by atoms with Crippen LogP contribution in [0.5, 0.6) is 0 Å². The molecule has 0 saturated heterocycles. The van der Waals surface area contributed by atoms with Gasteiger partial charge >= 0.3 is 0 Å². The van der Waals surface area contributed by atoms with Crippen LogP contribution in [0.1, 0.15) is 22.3 Å². The largest absolute Gasteiger partial charge is 0.455 e. The average molecular weight is 676 g/mol. The summed E-state index contributed by atoms with van der Waals surface area (Å²) in [6, 6.07) is 68.3. The van der Waals surface area contributed by atoms with Crippen molar-refractivity contribution >= 4 is 54.9 Å². The smallest absolute Gasteiger partial charge is 0.143 e. The standard InChI is InChI=1S/C51H33NO/c1-2-19-38-35(14-1)32-46(34-16-11-15-33(30-34)39-25-13-26-45-43-23-7-10-29-49(43)53-51(39)45)40-20-3-4-24-44(40)50(38)36-17-12-18-37(31-36)52-47-27-8-5-21-41(47)42-22-6-9-28-48(42)52/h1-31H,32H2. The Balaban J connectivity index is 1.15. The van der Waals surface area contributed by atoms with Gasteiger partial charge in [0.2, 0.25) is 0 Å². The topological polar surface area (TPSA) is 18.1 Å². The molecule has 0 N–H and O–H groups in total. The van der Waals surface area contributed by atoms with E-state index >= 15 is 0 Å². The molecule has 0 unspecified atom stereocenters. The number of fused-ring (bicyclic) bond motifs is 8. The molecule has 2 nitrogen and oxygen atoms in total. The molecular formula is C51H33NO. The van der Waals surface area contributed by atoms with Gasteiger partial charge in [-0.15, -0.1) is 0 Å². The monoisotopic (exact) mass is 675 g/mol. The molecule has 0 aliphatic heterocycles. The van der Waals surface area contributed by atoms with E-state index in [1.165, 1.54) is 65.6 Å². The van der Waals surface area contributed by atoms with Crippen molar-refractivity contribution in [2.45, 2.75) is 6.42 Å². The highest BCUT2D eigenvalue weighted by Gasteiger charge is 2.20. The molecule has 11 rings (SSSR count). The van der Waals surface area contributed by atoms with Crippen molar-refractivity contribution in [1.82, 2.24) is 4.57 Å². The average Bonchev–Trinajstić information content (AvgIpc) is 3.72. The van der Waals surface area contributed by atoms with Crippen LogP contribution in [0.3, 0.4) is 0 Å². The second kappa shape index (κ2) is 11.8. The van der Waals surface area contributed by atoms with E-state index in [2.05, 4.69) is 187 Å². The lowest BCUT2D eigenvalue weighted by Gasteiger charge is -2.15. The predicted molar refractivity (Wildman–Crippen MR) is 220 cm³/mol. The lowest BCUT2D eigenvalue weighted by atomic mass is 9.90. The molecule has 8 aromatic carbocycles. The maximum Gasteiger partial charge on any atom is 0.143 e. The van der Waals surface area contributed by atoms with Crippen LogP contribution in [0.25, 0.3) is 71.7 Å². The van der Waals surface area contributed by atoms with Crippen LogP contribution < -0.4 is 10.4 Å². The Morgan fingerprint density at radius 2 is 1.02 bits per heavy atom. The molecule has 1 aliphatic carbocycles. The van der Waals surface area contributed by atoms with Crippen molar-refractivity contribution in [3.63, 3.8) is 0 Å². The van der Waals surface area contributed by atoms with Gasteiger partial charge in [-0.25, -0.2) is 0 Å². The third kappa shape index (κ3) is 4.66. The van der Waals surface area contributed by atoms with Gasteiger partial charge in [0.05, 0.1) is 11.0 Å². The van der Waals surface area contributed by atoms with Gasteiger partial charge < -0.3 is 8.98 Å². The van der Waals surface area contributed by atoms with Gasteiger partial charge in [0.1, 0.15) is 11.2 Å². The Hall–Kier alpha value is -6.90. The summed E-state index contributed by atoms with van der Waals surface area (Å²) >= 11 is 0. The highest BCUT2D eigenvalue weighted by molar-refractivity contribution is 6.10. The molecule has 0 radical (unpaired) electrons. The lowest BCUT2D eigenvalue weighted by Crippen LogP contribution is -2.29. The van der Waals surface area contributed by atoms with E-state index in [-0.39, 0.29) is 0 Å². The Labute approximate surface area is 306 Å². The molecule has 10 aromatic rings. The minimum absolute atomic E-state index is 0.821. The highest BCUT2D eigenvalue weighted by atomic mass is 16.3. The molecule has 0 saturated carbocycles. The predicted octanol–water partition coefficient (Wildman–Crippen LogP) is 11.4. The minimum atomic E-state index is 0.821. The van der Waals surface area contributed by atoms with Crippen molar-refractivity contribution in [2.75, 3.05) is 0 Å². The summed E-state index contributed by atoms with van der Waals surface area (Å²) in [4.78, 5) is 0. The zero-order chi connectivity index (χ0) is 34.9. The Bertz CT molecular complexity index is 3160. The fourth-order valence-electron chi connectivity index (χ4n) is 8.73. The van der Waals surface area contributed by atoms with E-state index < -0.39 is 0 Å². The summed E-state index contributed by atoms with van der Waals surface area (Å²) in [6.45, 7) is 0. The molecule has 0 fully saturated rings. The first kappa shape index (κ1) is 29.8. The molecule has 0 bridgehead atoms. The van der Waals surface area contributed by atoms with E-state index in [0.29, 0.717) is 0 Å². The number of nitrogens with zero attached hydrogens (tertiary/aromatic N) is 1. The van der Waals surface area contributed by atoms with Crippen molar-refractivity contribution in [2.24, 2.45) is 0 Å². The van der Waals surface area contributed by atoms with Gasteiger partial charge in [-0.2, -0.15) is 0 Å².